The van der Waals surface area contributed by atoms with Gasteiger partial charge in [-0.3, -0.25) is 9.59 Å². The van der Waals surface area contributed by atoms with Gasteiger partial charge in [0, 0.05) is 6.04 Å². The number of carbonyl (C=O) groups excluding carboxylic acids is 3. The summed E-state index contributed by atoms with van der Waals surface area (Å²) in [6, 6.07) is 8.56. The Kier molecular flexibility index (Phi) is 9.46. The van der Waals surface area contributed by atoms with E-state index in [0.717, 1.165) is 30.4 Å². The van der Waals surface area contributed by atoms with Crippen LogP contribution in [0.2, 0.25) is 18.1 Å². The second kappa shape index (κ2) is 12.0. The molecule has 2 aliphatic rings. The molecule has 3 amide bonds. The van der Waals surface area contributed by atoms with Crippen molar-refractivity contribution in [2.75, 3.05) is 6.61 Å². The summed E-state index contributed by atoms with van der Waals surface area (Å²) >= 11 is 0. The van der Waals surface area contributed by atoms with E-state index in [1.54, 1.807) is 6.92 Å². The molecule has 3 atom stereocenters. The molecular formula is C29H45N3O5Si. The van der Waals surface area contributed by atoms with Crippen LogP contribution >= 0.6 is 0 Å². The zero-order valence-electron chi connectivity index (χ0n) is 24.2. The average molecular weight is 544 g/mol. The molecule has 2 aliphatic heterocycles. The van der Waals surface area contributed by atoms with E-state index < -0.39 is 26.4 Å². The van der Waals surface area contributed by atoms with Crippen LogP contribution in [0.4, 0.5) is 4.79 Å². The lowest BCUT2D eigenvalue weighted by Gasteiger charge is -2.40. The smallest absolute Gasteiger partial charge is 0.408 e. The normalized spacial score (nSPS) is 20.9. The lowest BCUT2D eigenvalue weighted by molar-refractivity contribution is -0.134. The van der Waals surface area contributed by atoms with Gasteiger partial charge in [-0.05, 0) is 61.4 Å². The van der Waals surface area contributed by atoms with Crippen molar-refractivity contribution in [2.45, 2.75) is 104 Å². The maximum absolute atomic E-state index is 13.8. The Morgan fingerprint density at radius 1 is 1.11 bits per heavy atom. The molecule has 0 spiro atoms. The van der Waals surface area contributed by atoms with Crippen molar-refractivity contribution in [1.82, 2.24) is 15.5 Å². The van der Waals surface area contributed by atoms with Gasteiger partial charge < -0.3 is 24.7 Å². The molecule has 0 saturated carbocycles. The average Bonchev–Trinajstić information content (AvgIpc) is 3.26. The largest absolute Gasteiger partial charge is 0.445 e. The summed E-state index contributed by atoms with van der Waals surface area (Å²) in [5, 5.41) is 5.51. The number of hydrogen-bond acceptors (Lipinski definition) is 5. The summed E-state index contributed by atoms with van der Waals surface area (Å²) in [4.78, 5) is 41.1. The van der Waals surface area contributed by atoms with E-state index in [-0.39, 0.29) is 35.6 Å². The molecule has 0 bridgehead atoms. The third-order valence-corrected chi connectivity index (χ3v) is 12.7. The van der Waals surface area contributed by atoms with Crippen LogP contribution in [0.5, 0.6) is 0 Å². The highest BCUT2D eigenvalue weighted by Gasteiger charge is 2.45. The zero-order valence-corrected chi connectivity index (χ0v) is 25.2. The quantitative estimate of drug-likeness (QED) is 0.422. The minimum atomic E-state index is -1.96. The number of hydrogen-bond donors (Lipinski definition) is 2. The van der Waals surface area contributed by atoms with E-state index in [9.17, 15) is 14.4 Å². The molecule has 1 aromatic rings. The van der Waals surface area contributed by atoms with Crippen LogP contribution in [-0.2, 0) is 25.4 Å². The molecule has 1 aromatic carbocycles. The van der Waals surface area contributed by atoms with Crippen molar-refractivity contribution >= 4 is 26.2 Å². The monoisotopic (exact) mass is 543 g/mol. The highest BCUT2D eigenvalue weighted by Crippen LogP contribution is 2.40. The van der Waals surface area contributed by atoms with Gasteiger partial charge in [-0.2, -0.15) is 0 Å². The van der Waals surface area contributed by atoms with Crippen LogP contribution in [0.25, 0.3) is 0 Å². The predicted molar refractivity (Wildman–Crippen MR) is 151 cm³/mol. The number of nitrogens with one attached hydrogen (secondary N) is 2. The molecule has 0 unspecified atom stereocenters. The molecule has 3 rings (SSSR count). The predicted octanol–water partition coefficient (Wildman–Crippen LogP) is 5.11. The van der Waals surface area contributed by atoms with Crippen LogP contribution in [-0.4, -0.2) is 55.9 Å². The number of nitrogens with zero attached hydrogens (tertiary/aromatic N) is 1. The Hall–Kier alpha value is -2.65. The summed E-state index contributed by atoms with van der Waals surface area (Å²) in [5.74, 6) is -0.494. The molecule has 0 aliphatic carbocycles. The standard InChI is InChI=1S/C29H45N3O5Si/c1-19(2)24-16-22-14-15-23(18-37-38(7,8)29(4,5)6)32(22)27(34)25(24)31-26(33)20(3)30-28(35)36-17-21-12-10-9-11-13-21/h9-13,19-20,22-23H,14-18H2,1-8H3,(H,30,35)(H,31,33)/t20-,22-,23-/m0/s1. The van der Waals surface area contributed by atoms with Crippen molar-refractivity contribution in [1.29, 1.82) is 0 Å². The summed E-state index contributed by atoms with van der Waals surface area (Å²) in [7, 11) is -1.96. The van der Waals surface area contributed by atoms with Gasteiger partial charge in [0.15, 0.2) is 8.32 Å². The van der Waals surface area contributed by atoms with E-state index in [4.69, 9.17) is 9.16 Å². The number of benzene rings is 1. The molecule has 1 saturated heterocycles. The maximum atomic E-state index is 13.8. The molecule has 1 fully saturated rings. The van der Waals surface area contributed by atoms with E-state index in [1.807, 2.05) is 49.1 Å². The topological polar surface area (TPSA) is 97.0 Å². The number of carbonyl (C=O) groups is 3. The lowest BCUT2D eigenvalue weighted by atomic mass is 9.89. The maximum Gasteiger partial charge on any atom is 0.408 e. The first-order valence-electron chi connectivity index (χ1n) is 13.7. The minimum Gasteiger partial charge on any atom is -0.445 e. The van der Waals surface area contributed by atoms with Gasteiger partial charge in [0.25, 0.3) is 5.91 Å². The lowest BCUT2D eigenvalue weighted by Crippen LogP contribution is -2.53. The molecule has 38 heavy (non-hydrogen) atoms. The van der Waals surface area contributed by atoms with Crippen LogP contribution < -0.4 is 10.6 Å². The number of rotatable bonds is 9. The first kappa shape index (κ1) is 29.9. The van der Waals surface area contributed by atoms with Crippen molar-refractivity contribution in [3.8, 4) is 0 Å². The van der Waals surface area contributed by atoms with Crippen LogP contribution in [0, 0.1) is 5.92 Å². The molecule has 0 aromatic heterocycles. The Labute approximate surface area is 228 Å². The van der Waals surface area contributed by atoms with Gasteiger partial charge >= 0.3 is 6.09 Å². The molecule has 2 N–H and O–H groups in total. The van der Waals surface area contributed by atoms with Crippen LogP contribution in [0.3, 0.4) is 0 Å². The van der Waals surface area contributed by atoms with Crippen molar-refractivity contribution < 1.29 is 23.5 Å². The van der Waals surface area contributed by atoms with Crippen molar-refractivity contribution in [3.05, 3.63) is 47.2 Å². The van der Waals surface area contributed by atoms with Gasteiger partial charge in [-0.25, -0.2) is 4.79 Å². The van der Waals surface area contributed by atoms with Gasteiger partial charge in [0.05, 0.1) is 12.6 Å². The molecule has 0 radical (unpaired) electrons. The minimum absolute atomic E-state index is 0.00856. The fourth-order valence-electron chi connectivity index (χ4n) is 4.70. The molecule has 210 valence electrons. The van der Waals surface area contributed by atoms with Crippen molar-refractivity contribution in [3.63, 3.8) is 0 Å². The Balaban J connectivity index is 1.66. The fraction of sp³-hybridized carbons (Fsp3) is 0.621. The van der Waals surface area contributed by atoms with Gasteiger partial charge in [0.2, 0.25) is 5.91 Å². The van der Waals surface area contributed by atoms with Gasteiger partial charge in [-0.15, -0.1) is 0 Å². The van der Waals surface area contributed by atoms with E-state index >= 15 is 0 Å². The Morgan fingerprint density at radius 2 is 1.76 bits per heavy atom. The second-order valence-corrected chi connectivity index (χ2v) is 17.2. The van der Waals surface area contributed by atoms with Gasteiger partial charge in [-0.1, -0.05) is 65.0 Å². The SMILES string of the molecule is CC(C)C1=C(NC(=O)[C@H](C)NC(=O)OCc2ccccc2)C(=O)N2[C@H](CO[Si](C)(C)C(C)(C)C)CC[C@H]2C1. The Bertz CT molecular complexity index is 1050. The third kappa shape index (κ3) is 7.05. The highest BCUT2D eigenvalue weighted by molar-refractivity contribution is 6.74. The molecular weight excluding hydrogens is 498 g/mol. The Morgan fingerprint density at radius 3 is 2.37 bits per heavy atom. The van der Waals surface area contributed by atoms with Crippen LogP contribution in [0.15, 0.2) is 41.6 Å². The summed E-state index contributed by atoms with van der Waals surface area (Å²) in [6.45, 7) is 17.4. The molecule has 2 heterocycles. The number of alkyl carbamates (subject to hydrolysis) is 1. The fourth-order valence-corrected chi connectivity index (χ4v) is 5.74. The summed E-state index contributed by atoms with van der Waals surface area (Å²) in [5.41, 5.74) is 2.15. The second-order valence-electron chi connectivity index (χ2n) is 12.3. The first-order chi connectivity index (χ1) is 17.7. The highest BCUT2D eigenvalue weighted by atomic mass is 28.4. The van der Waals surface area contributed by atoms with Crippen LogP contribution in [0.1, 0.15) is 66.4 Å². The summed E-state index contributed by atoms with van der Waals surface area (Å²) < 4.78 is 11.7. The number of amides is 3. The summed E-state index contributed by atoms with van der Waals surface area (Å²) in [6.07, 6.45) is 1.87. The number of ether oxygens (including phenoxy) is 1. The van der Waals surface area contributed by atoms with Gasteiger partial charge in [0.1, 0.15) is 18.3 Å². The molecule has 9 heteroatoms. The third-order valence-electron chi connectivity index (χ3n) is 8.17. The first-order valence-corrected chi connectivity index (χ1v) is 16.6. The molecule has 8 nitrogen and oxygen atoms in total. The zero-order chi connectivity index (χ0) is 28.3. The van der Waals surface area contributed by atoms with E-state index in [0.29, 0.717) is 12.3 Å². The number of fused-ring (bicyclic) bond motifs is 1. The van der Waals surface area contributed by atoms with Crippen molar-refractivity contribution in [2.24, 2.45) is 5.92 Å². The van der Waals surface area contributed by atoms with E-state index in [1.165, 1.54) is 0 Å². The van der Waals surface area contributed by atoms with E-state index in [2.05, 4.69) is 44.5 Å².